The normalized spacial score (nSPS) is 11.7. The van der Waals surface area contributed by atoms with E-state index >= 15 is 0 Å². The van der Waals surface area contributed by atoms with Gasteiger partial charge in [0.1, 0.15) is 5.76 Å². The molecular weight excluding hydrogens is 388 g/mol. The number of imidazole rings is 1. The number of hydrogen-bond donors (Lipinski definition) is 1. The number of ketones is 1. The molecule has 0 aliphatic carbocycles. The Balaban J connectivity index is 1.42. The minimum Gasteiger partial charge on any atom is -0.360 e. The lowest BCUT2D eigenvalue weighted by molar-refractivity contribution is 0.102. The Labute approximate surface area is 169 Å². The van der Waals surface area contributed by atoms with Crippen molar-refractivity contribution in [3.8, 4) is 5.82 Å². The highest BCUT2D eigenvalue weighted by molar-refractivity contribution is 7.99. The second-order valence-corrected chi connectivity index (χ2v) is 7.84. The van der Waals surface area contributed by atoms with E-state index < -0.39 is 0 Å². The number of hydrogen-bond acceptors (Lipinski definition) is 6. The molecule has 4 heterocycles. The molecule has 0 amide bonds. The Morgan fingerprint density at radius 3 is 2.83 bits per heavy atom. The number of carbonyl (C=O) groups excluding carboxylic acids is 1. The number of carbonyl (C=O) groups is 1. The molecule has 0 aliphatic rings. The number of fused-ring (bicyclic) bond motifs is 3. The molecule has 9 heteroatoms. The van der Waals surface area contributed by atoms with Crippen molar-refractivity contribution in [2.24, 2.45) is 0 Å². The second-order valence-electron chi connectivity index (χ2n) is 6.89. The standard InChI is InChI=1S/C20H18N6O2S/c1-11-8-14(13(3)25(11)18-9-12(2)28-24-18)17(27)10-29-20-23-22-19-21-15-6-4-5-7-16(15)26(19)20/h4-9H,10H2,1-3H3,(H,21,22). The van der Waals surface area contributed by atoms with E-state index in [2.05, 4.69) is 20.3 Å². The van der Waals surface area contributed by atoms with Crippen molar-refractivity contribution in [1.82, 2.24) is 29.3 Å². The first-order chi connectivity index (χ1) is 14.0. The maximum Gasteiger partial charge on any atom is 0.231 e. The highest BCUT2D eigenvalue weighted by Gasteiger charge is 2.20. The fourth-order valence-corrected chi connectivity index (χ4v) is 4.44. The molecule has 29 heavy (non-hydrogen) atoms. The summed E-state index contributed by atoms with van der Waals surface area (Å²) in [5, 5.41) is 12.0. The number of benzene rings is 1. The van der Waals surface area contributed by atoms with Gasteiger partial charge in [-0.25, -0.2) is 10.1 Å². The quantitative estimate of drug-likeness (QED) is 0.352. The van der Waals surface area contributed by atoms with E-state index in [1.54, 1.807) is 0 Å². The fourth-order valence-electron chi connectivity index (χ4n) is 3.60. The summed E-state index contributed by atoms with van der Waals surface area (Å²) in [6.45, 7) is 5.72. The van der Waals surface area contributed by atoms with Crippen molar-refractivity contribution in [2.45, 2.75) is 25.9 Å². The number of nitrogens with one attached hydrogen (secondary N) is 1. The molecule has 0 atom stereocenters. The molecule has 0 saturated heterocycles. The first-order valence-electron chi connectivity index (χ1n) is 9.13. The molecule has 0 unspecified atom stereocenters. The molecule has 0 bridgehead atoms. The van der Waals surface area contributed by atoms with E-state index in [0.29, 0.717) is 22.3 Å². The molecule has 0 aliphatic heterocycles. The van der Waals surface area contributed by atoms with Gasteiger partial charge in [0, 0.05) is 23.0 Å². The first kappa shape index (κ1) is 17.7. The van der Waals surface area contributed by atoms with Crippen LogP contribution in [0.25, 0.3) is 22.6 Å². The van der Waals surface area contributed by atoms with Crippen molar-refractivity contribution < 1.29 is 9.32 Å². The van der Waals surface area contributed by atoms with Crippen LogP contribution in [0.1, 0.15) is 27.5 Å². The number of Topliss-reactive ketones (excluding diaryl/α,β-unsaturated/α-hetero) is 1. The summed E-state index contributed by atoms with van der Waals surface area (Å²) >= 11 is 1.39. The number of nitrogens with zero attached hydrogens (tertiary/aromatic N) is 5. The fraction of sp³-hybridized carbons (Fsp3) is 0.200. The predicted molar refractivity (Wildman–Crippen MR) is 110 cm³/mol. The Bertz CT molecular complexity index is 1370. The maximum atomic E-state index is 13.0. The Hall–Kier alpha value is -3.33. The van der Waals surface area contributed by atoms with Crippen molar-refractivity contribution >= 4 is 34.4 Å². The van der Waals surface area contributed by atoms with Gasteiger partial charge in [-0.2, -0.15) is 0 Å². The summed E-state index contributed by atoms with van der Waals surface area (Å²) in [5.41, 5.74) is 4.32. The predicted octanol–water partition coefficient (Wildman–Crippen LogP) is 3.89. The van der Waals surface area contributed by atoms with E-state index in [1.807, 2.05) is 66.1 Å². The third kappa shape index (κ3) is 2.85. The highest BCUT2D eigenvalue weighted by Crippen LogP contribution is 2.26. The molecule has 4 aromatic heterocycles. The van der Waals surface area contributed by atoms with Crippen LogP contribution in [0.4, 0.5) is 0 Å². The average Bonchev–Trinajstić information content (AvgIpc) is 3.44. The van der Waals surface area contributed by atoms with Gasteiger partial charge < -0.3 is 4.52 Å². The number of aryl methyl sites for hydroxylation is 2. The minimum absolute atomic E-state index is 0.0372. The van der Waals surface area contributed by atoms with Crippen LogP contribution in [0.5, 0.6) is 0 Å². The van der Waals surface area contributed by atoms with Crippen LogP contribution < -0.4 is 0 Å². The van der Waals surface area contributed by atoms with Gasteiger partial charge in [0.2, 0.25) is 5.78 Å². The van der Waals surface area contributed by atoms with Gasteiger partial charge in [-0.1, -0.05) is 29.1 Å². The third-order valence-corrected chi connectivity index (χ3v) is 5.85. The van der Waals surface area contributed by atoms with Gasteiger partial charge in [-0.3, -0.25) is 13.8 Å². The number of aromatic nitrogens is 6. The van der Waals surface area contributed by atoms with E-state index in [0.717, 1.165) is 28.2 Å². The Morgan fingerprint density at radius 1 is 1.21 bits per heavy atom. The molecule has 1 aromatic carbocycles. The van der Waals surface area contributed by atoms with Gasteiger partial charge in [0.15, 0.2) is 16.8 Å². The number of aromatic amines is 1. The monoisotopic (exact) mass is 406 g/mol. The lowest BCUT2D eigenvalue weighted by Crippen LogP contribution is -2.06. The van der Waals surface area contributed by atoms with Crippen molar-refractivity contribution in [3.63, 3.8) is 0 Å². The van der Waals surface area contributed by atoms with Crippen LogP contribution >= 0.6 is 11.8 Å². The second kappa shape index (κ2) is 6.63. The minimum atomic E-state index is 0.0372. The summed E-state index contributed by atoms with van der Waals surface area (Å²) in [6.07, 6.45) is 0. The van der Waals surface area contributed by atoms with Crippen LogP contribution in [-0.2, 0) is 0 Å². The Morgan fingerprint density at radius 2 is 2.03 bits per heavy atom. The SMILES string of the molecule is Cc1cc(-n2c(C)cc(C(=O)CSc3n[nH]c4nc5ccccc5n34)c2C)no1. The number of H-pyrrole nitrogens is 1. The molecule has 5 aromatic rings. The summed E-state index contributed by atoms with van der Waals surface area (Å²) in [6, 6.07) is 11.6. The zero-order valence-corrected chi connectivity index (χ0v) is 16.9. The number of rotatable bonds is 5. The molecule has 146 valence electrons. The van der Waals surface area contributed by atoms with E-state index in [9.17, 15) is 4.79 Å². The maximum absolute atomic E-state index is 13.0. The molecular formula is C20H18N6O2S. The van der Waals surface area contributed by atoms with E-state index in [1.165, 1.54) is 11.8 Å². The van der Waals surface area contributed by atoms with Gasteiger partial charge in [-0.05, 0) is 39.0 Å². The van der Waals surface area contributed by atoms with Gasteiger partial charge in [-0.15, -0.1) is 5.10 Å². The van der Waals surface area contributed by atoms with E-state index in [-0.39, 0.29) is 11.5 Å². The number of thioether (sulfide) groups is 1. The summed E-state index contributed by atoms with van der Waals surface area (Å²) < 4.78 is 9.06. The summed E-state index contributed by atoms with van der Waals surface area (Å²) in [7, 11) is 0. The lowest BCUT2D eigenvalue weighted by atomic mass is 10.2. The summed E-state index contributed by atoms with van der Waals surface area (Å²) in [5.74, 6) is 2.39. The lowest BCUT2D eigenvalue weighted by Gasteiger charge is -2.05. The Kier molecular flexibility index (Phi) is 4.06. The zero-order valence-electron chi connectivity index (χ0n) is 16.1. The molecule has 1 N–H and O–H groups in total. The van der Waals surface area contributed by atoms with Crippen molar-refractivity contribution in [3.05, 3.63) is 59.1 Å². The molecule has 0 spiro atoms. The molecule has 0 saturated carbocycles. The van der Waals surface area contributed by atoms with Crippen LogP contribution in [0, 0.1) is 20.8 Å². The molecule has 0 fully saturated rings. The van der Waals surface area contributed by atoms with Crippen LogP contribution in [-0.4, -0.2) is 40.8 Å². The van der Waals surface area contributed by atoms with Crippen molar-refractivity contribution in [2.75, 3.05) is 5.75 Å². The smallest absolute Gasteiger partial charge is 0.231 e. The van der Waals surface area contributed by atoms with Gasteiger partial charge >= 0.3 is 0 Å². The van der Waals surface area contributed by atoms with E-state index in [4.69, 9.17) is 4.52 Å². The zero-order chi connectivity index (χ0) is 20.1. The topological polar surface area (TPSA) is 94.0 Å². The van der Waals surface area contributed by atoms with Crippen LogP contribution in [0.3, 0.4) is 0 Å². The third-order valence-electron chi connectivity index (χ3n) is 4.91. The number of para-hydroxylation sites is 2. The van der Waals surface area contributed by atoms with Crippen LogP contribution in [0.2, 0.25) is 0 Å². The largest absolute Gasteiger partial charge is 0.360 e. The van der Waals surface area contributed by atoms with Gasteiger partial charge in [0.05, 0.1) is 16.8 Å². The summed E-state index contributed by atoms with van der Waals surface area (Å²) in [4.78, 5) is 17.5. The molecule has 8 nitrogen and oxygen atoms in total. The highest BCUT2D eigenvalue weighted by atomic mass is 32.2. The van der Waals surface area contributed by atoms with Crippen LogP contribution in [0.15, 0.2) is 46.1 Å². The first-order valence-corrected chi connectivity index (χ1v) is 10.1. The molecule has 5 rings (SSSR count). The van der Waals surface area contributed by atoms with Gasteiger partial charge in [0.25, 0.3) is 0 Å². The van der Waals surface area contributed by atoms with Crippen molar-refractivity contribution in [1.29, 1.82) is 0 Å². The molecule has 0 radical (unpaired) electrons. The average molecular weight is 406 g/mol.